The summed E-state index contributed by atoms with van der Waals surface area (Å²) in [6, 6.07) is 0.114. The number of nitrogens with zero attached hydrogens (tertiary/aromatic N) is 1. The standard InChI is InChI=1S/C13H25N3O2/c1-10(17)9-16-7-5-11(6-8-16)14-12(18)15-13(2,3)4/h11H,5-9H2,1-4H3,(H2,14,15,18). The first-order valence-corrected chi connectivity index (χ1v) is 6.57. The van der Waals surface area contributed by atoms with Crippen LogP contribution in [0.4, 0.5) is 4.79 Å². The summed E-state index contributed by atoms with van der Waals surface area (Å²) in [5, 5.41) is 5.88. The number of hydrogen-bond donors (Lipinski definition) is 2. The molecule has 0 spiro atoms. The first kappa shape index (κ1) is 15.0. The summed E-state index contributed by atoms with van der Waals surface area (Å²) >= 11 is 0. The van der Waals surface area contributed by atoms with Gasteiger partial charge < -0.3 is 10.6 Å². The molecule has 0 aromatic rings. The maximum absolute atomic E-state index is 11.7. The van der Waals surface area contributed by atoms with E-state index < -0.39 is 0 Å². The van der Waals surface area contributed by atoms with Crippen molar-refractivity contribution in [2.45, 2.75) is 52.1 Å². The predicted molar refractivity (Wildman–Crippen MR) is 71.6 cm³/mol. The van der Waals surface area contributed by atoms with E-state index in [1.165, 1.54) is 0 Å². The van der Waals surface area contributed by atoms with Gasteiger partial charge in [-0.3, -0.25) is 9.69 Å². The Morgan fingerprint density at radius 1 is 1.22 bits per heavy atom. The number of piperidine rings is 1. The van der Waals surface area contributed by atoms with Gasteiger partial charge in [0.2, 0.25) is 0 Å². The van der Waals surface area contributed by atoms with Gasteiger partial charge in [-0.05, 0) is 40.5 Å². The van der Waals surface area contributed by atoms with Crippen LogP contribution in [-0.4, -0.2) is 47.9 Å². The van der Waals surface area contributed by atoms with Gasteiger partial charge in [-0.2, -0.15) is 0 Å². The Balaban J connectivity index is 2.27. The third-order valence-corrected chi connectivity index (χ3v) is 2.86. The molecule has 0 bridgehead atoms. The average Bonchev–Trinajstić information content (AvgIpc) is 2.17. The van der Waals surface area contributed by atoms with E-state index in [2.05, 4.69) is 15.5 Å². The molecule has 0 saturated carbocycles. The molecule has 1 aliphatic heterocycles. The quantitative estimate of drug-likeness (QED) is 0.795. The van der Waals surface area contributed by atoms with Crippen LogP contribution in [0, 0.1) is 0 Å². The molecule has 1 saturated heterocycles. The second-order valence-electron chi connectivity index (χ2n) is 6.10. The fraction of sp³-hybridized carbons (Fsp3) is 0.846. The van der Waals surface area contributed by atoms with Crippen molar-refractivity contribution in [3.05, 3.63) is 0 Å². The highest BCUT2D eigenvalue weighted by Gasteiger charge is 2.22. The molecule has 2 N–H and O–H groups in total. The van der Waals surface area contributed by atoms with Crippen LogP contribution in [0.15, 0.2) is 0 Å². The molecule has 5 heteroatoms. The topological polar surface area (TPSA) is 61.4 Å². The number of nitrogens with one attached hydrogen (secondary N) is 2. The van der Waals surface area contributed by atoms with Gasteiger partial charge in [0.15, 0.2) is 0 Å². The van der Waals surface area contributed by atoms with E-state index in [1.807, 2.05) is 20.8 Å². The molecule has 18 heavy (non-hydrogen) atoms. The van der Waals surface area contributed by atoms with Crippen LogP contribution in [0.3, 0.4) is 0 Å². The van der Waals surface area contributed by atoms with Gasteiger partial charge in [0, 0.05) is 24.7 Å². The molecule has 0 unspecified atom stereocenters. The fourth-order valence-electron chi connectivity index (χ4n) is 2.11. The minimum absolute atomic E-state index is 0.104. The van der Waals surface area contributed by atoms with Crippen molar-refractivity contribution in [3.63, 3.8) is 0 Å². The molecule has 0 aromatic carbocycles. The predicted octanol–water partition coefficient (Wildman–Crippen LogP) is 1.14. The third kappa shape index (κ3) is 6.00. The summed E-state index contributed by atoms with van der Waals surface area (Å²) in [6.45, 7) is 9.77. The lowest BCUT2D eigenvalue weighted by molar-refractivity contribution is -0.118. The van der Waals surface area contributed by atoms with E-state index >= 15 is 0 Å². The number of rotatable bonds is 3. The summed E-state index contributed by atoms with van der Waals surface area (Å²) in [4.78, 5) is 24.8. The van der Waals surface area contributed by atoms with E-state index in [0.717, 1.165) is 25.9 Å². The number of Topliss-reactive ketones (excluding diaryl/α,β-unsaturated/α-hetero) is 1. The summed E-state index contributed by atoms with van der Waals surface area (Å²) < 4.78 is 0. The Kier molecular flexibility index (Phi) is 5.14. The van der Waals surface area contributed by atoms with E-state index in [1.54, 1.807) is 6.92 Å². The van der Waals surface area contributed by atoms with Gasteiger partial charge in [-0.15, -0.1) is 0 Å². The van der Waals surface area contributed by atoms with Gasteiger partial charge >= 0.3 is 6.03 Å². The largest absolute Gasteiger partial charge is 0.335 e. The number of urea groups is 1. The minimum Gasteiger partial charge on any atom is -0.335 e. The first-order chi connectivity index (χ1) is 8.26. The van der Waals surface area contributed by atoms with Gasteiger partial charge in [0.25, 0.3) is 0 Å². The molecule has 104 valence electrons. The Labute approximate surface area is 109 Å². The normalized spacial score (nSPS) is 18.4. The van der Waals surface area contributed by atoms with Crippen molar-refractivity contribution in [3.8, 4) is 0 Å². The molecular weight excluding hydrogens is 230 g/mol. The smallest absolute Gasteiger partial charge is 0.315 e. The number of amides is 2. The molecule has 0 atom stereocenters. The van der Waals surface area contributed by atoms with Crippen LogP contribution in [0.25, 0.3) is 0 Å². The Bertz CT molecular complexity index is 302. The van der Waals surface area contributed by atoms with Crippen LogP contribution in [0.1, 0.15) is 40.5 Å². The third-order valence-electron chi connectivity index (χ3n) is 2.86. The highest BCUT2D eigenvalue weighted by atomic mass is 16.2. The lowest BCUT2D eigenvalue weighted by Gasteiger charge is -2.32. The first-order valence-electron chi connectivity index (χ1n) is 6.57. The average molecular weight is 255 g/mol. The zero-order chi connectivity index (χ0) is 13.8. The maximum atomic E-state index is 11.7. The van der Waals surface area contributed by atoms with Crippen molar-refractivity contribution >= 4 is 11.8 Å². The number of likely N-dealkylation sites (tertiary alicyclic amines) is 1. The Morgan fingerprint density at radius 2 is 1.78 bits per heavy atom. The second-order valence-corrected chi connectivity index (χ2v) is 6.10. The zero-order valence-electron chi connectivity index (χ0n) is 11.9. The molecule has 0 aromatic heterocycles. The highest BCUT2D eigenvalue weighted by molar-refractivity contribution is 5.77. The van der Waals surface area contributed by atoms with Gasteiger partial charge in [-0.1, -0.05) is 0 Å². The fourth-order valence-corrected chi connectivity index (χ4v) is 2.11. The highest BCUT2D eigenvalue weighted by Crippen LogP contribution is 2.10. The van der Waals surface area contributed by atoms with E-state index in [4.69, 9.17) is 0 Å². The van der Waals surface area contributed by atoms with E-state index in [-0.39, 0.29) is 23.4 Å². The van der Waals surface area contributed by atoms with Crippen molar-refractivity contribution in [2.24, 2.45) is 0 Å². The van der Waals surface area contributed by atoms with Gasteiger partial charge in [0.1, 0.15) is 5.78 Å². The molecule has 1 fully saturated rings. The molecule has 1 rings (SSSR count). The summed E-state index contributed by atoms with van der Waals surface area (Å²) in [6.07, 6.45) is 1.82. The van der Waals surface area contributed by atoms with Crippen molar-refractivity contribution < 1.29 is 9.59 Å². The van der Waals surface area contributed by atoms with Crippen LogP contribution in [-0.2, 0) is 4.79 Å². The number of hydrogen-bond acceptors (Lipinski definition) is 3. The monoisotopic (exact) mass is 255 g/mol. The summed E-state index contributed by atoms with van der Waals surface area (Å²) in [5.74, 6) is 0.201. The number of carbonyl (C=O) groups is 2. The van der Waals surface area contributed by atoms with E-state index in [9.17, 15) is 9.59 Å². The molecular formula is C13H25N3O2. The minimum atomic E-state index is -0.209. The number of carbonyl (C=O) groups excluding carboxylic acids is 2. The summed E-state index contributed by atoms with van der Waals surface area (Å²) in [7, 11) is 0. The summed E-state index contributed by atoms with van der Waals surface area (Å²) in [5.41, 5.74) is -0.209. The number of ketones is 1. The van der Waals surface area contributed by atoms with Gasteiger partial charge in [0.05, 0.1) is 6.54 Å². The lowest BCUT2D eigenvalue weighted by atomic mass is 10.0. The molecule has 2 amide bonds. The molecule has 1 aliphatic rings. The molecule has 0 aliphatic carbocycles. The second kappa shape index (κ2) is 6.18. The van der Waals surface area contributed by atoms with E-state index in [0.29, 0.717) is 6.54 Å². The molecule has 5 nitrogen and oxygen atoms in total. The SMILES string of the molecule is CC(=O)CN1CCC(NC(=O)NC(C)(C)C)CC1. The van der Waals surface area contributed by atoms with Gasteiger partial charge in [-0.25, -0.2) is 4.79 Å². The van der Waals surface area contributed by atoms with Crippen LogP contribution in [0.5, 0.6) is 0 Å². The van der Waals surface area contributed by atoms with Crippen LogP contribution >= 0.6 is 0 Å². The Hall–Kier alpha value is -1.10. The molecule has 1 heterocycles. The van der Waals surface area contributed by atoms with Crippen LogP contribution in [0.2, 0.25) is 0 Å². The van der Waals surface area contributed by atoms with Crippen molar-refractivity contribution in [1.29, 1.82) is 0 Å². The molecule has 0 radical (unpaired) electrons. The Morgan fingerprint density at radius 3 is 2.22 bits per heavy atom. The zero-order valence-corrected chi connectivity index (χ0v) is 11.9. The van der Waals surface area contributed by atoms with Crippen molar-refractivity contribution in [1.82, 2.24) is 15.5 Å². The lowest BCUT2D eigenvalue weighted by Crippen LogP contribution is -2.52. The maximum Gasteiger partial charge on any atom is 0.315 e. The van der Waals surface area contributed by atoms with Crippen LogP contribution < -0.4 is 10.6 Å². The van der Waals surface area contributed by atoms with Crippen molar-refractivity contribution in [2.75, 3.05) is 19.6 Å².